The first-order valence-corrected chi connectivity index (χ1v) is 5.92. The average Bonchev–Trinajstić information content (AvgIpc) is 2.28. The molecule has 0 atom stereocenters. The molecule has 0 bridgehead atoms. The minimum absolute atomic E-state index is 0.119. The number of hydrogen-bond donors (Lipinski definition) is 0. The quantitative estimate of drug-likeness (QED) is 0.539. The van der Waals surface area contributed by atoms with E-state index < -0.39 is 0 Å². The molecule has 17 heavy (non-hydrogen) atoms. The zero-order chi connectivity index (χ0) is 12.7. The van der Waals surface area contributed by atoms with Crippen molar-refractivity contribution in [3.05, 3.63) is 29.8 Å². The van der Waals surface area contributed by atoms with Crippen LogP contribution in [0.1, 0.15) is 37.0 Å². The van der Waals surface area contributed by atoms with E-state index >= 15 is 0 Å². The number of ketones is 1. The molecule has 1 aromatic rings. The van der Waals surface area contributed by atoms with E-state index in [1.165, 1.54) is 0 Å². The molecule has 0 aliphatic rings. The predicted octanol–water partition coefficient (Wildman–Crippen LogP) is 3.08. The van der Waals surface area contributed by atoms with Gasteiger partial charge in [0.2, 0.25) is 0 Å². The highest BCUT2D eigenvalue weighted by Gasteiger charge is 2.07. The third-order valence-electron chi connectivity index (χ3n) is 2.28. The van der Waals surface area contributed by atoms with E-state index in [0.29, 0.717) is 18.6 Å². The Morgan fingerprint density at radius 2 is 2.12 bits per heavy atom. The normalized spacial score (nSPS) is 10.6. The molecule has 0 aliphatic carbocycles. The van der Waals surface area contributed by atoms with Gasteiger partial charge in [-0.3, -0.25) is 4.79 Å². The van der Waals surface area contributed by atoms with Crippen LogP contribution in [0.15, 0.2) is 24.3 Å². The van der Waals surface area contributed by atoms with Crippen molar-refractivity contribution in [2.24, 2.45) is 0 Å². The molecule has 0 fully saturated rings. The lowest BCUT2D eigenvalue weighted by Gasteiger charge is -2.10. The molecule has 0 amide bonds. The Labute approximate surface area is 103 Å². The van der Waals surface area contributed by atoms with Crippen molar-refractivity contribution in [1.82, 2.24) is 0 Å². The van der Waals surface area contributed by atoms with Crippen LogP contribution in [0.25, 0.3) is 0 Å². The van der Waals surface area contributed by atoms with Gasteiger partial charge in [0.25, 0.3) is 0 Å². The molecular formula is C14H20O3. The highest BCUT2D eigenvalue weighted by Crippen LogP contribution is 2.16. The van der Waals surface area contributed by atoms with E-state index in [4.69, 9.17) is 9.47 Å². The fourth-order valence-electron chi connectivity index (χ4n) is 1.54. The fourth-order valence-corrected chi connectivity index (χ4v) is 1.54. The maximum Gasteiger partial charge on any atom is 0.163 e. The lowest BCUT2D eigenvalue weighted by molar-refractivity contribution is 0.0962. The maximum absolute atomic E-state index is 11.8. The molecule has 94 valence electrons. The Balaban J connectivity index is 2.60. The van der Waals surface area contributed by atoms with Crippen molar-refractivity contribution in [2.45, 2.75) is 32.8 Å². The number of benzene rings is 1. The van der Waals surface area contributed by atoms with Crippen LogP contribution in [0, 0.1) is 0 Å². The van der Waals surface area contributed by atoms with Crippen molar-refractivity contribution in [3.8, 4) is 5.75 Å². The molecule has 0 spiro atoms. The SMILES string of the molecule is COCCCC(=O)c1cccc(OC(C)C)c1. The van der Waals surface area contributed by atoms with Crippen molar-refractivity contribution in [1.29, 1.82) is 0 Å². The van der Waals surface area contributed by atoms with Crippen molar-refractivity contribution < 1.29 is 14.3 Å². The molecule has 0 radical (unpaired) electrons. The topological polar surface area (TPSA) is 35.5 Å². The third kappa shape index (κ3) is 5.00. The average molecular weight is 236 g/mol. The minimum atomic E-state index is 0.119. The number of rotatable bonds is 7. The number of carbonyl (C=O) groups is 1. The van der Waals surface area contributed by atoms with Crippen LogP contribution in [0.3, 0.4) is 0 Å². The van der Waals surface area contributed by atoms with E-state index in [-0.39, 0.29) is 11.9 Å². The summed E-state index contributed by atoms with van der Waals surface area (Å²) in [5.74, 6) is 0.883. The fraction of sp³-hybridized carbons (Fsp3) is 0.500. The summed E-state index contributed by atoms with van der Waals surface area (Å²) in [6.07, 6.45) is 1.39. The monoisotopic (exact) mass is 236 g/mol. The molecule has 0 N–H and O–H groups in total. The van der Waals surface area contributed by atoms with Gasteiger partial charge >= 0.3 is 0 Å². The zero-order valence-electron chi connectivity index (χ0n) is 10.7. The minimum Gasteiger partial charge on any atom is -0.491 e. The molecule has 0 heterocycles. The van der Waals surface area contributed by atoms with E-state index in [2.05, 4.69) is 0 Å². The van der Waals surface area contributed by atoms with Gasteiger partial charge in [0.05, 0.1) is 6.10 Å². The molecular weight excluding hydrogens is 216 g/mol. The first-order valence-electron chi connectivity index (χ1n) is 5.92. The van der Waals surface area contributed by atoms with Gasteiger partial charge in [-0.25, -0.2) is 0 Å². The summed E-state index contributed by atoms with van der Waals surface area (Å²) in [7, 11) is 1.64. The third-order valence-corrected chi connectivity index (χ3v) is 2.28. The predicted molar refractivity (Wildman–Crippen MR) is 67.6 cm³/mol. The number of carbonyl (C=O) groups excluding carboxylic acids is 1. The van der Waals surface area contributed by atoms with Gasteiger partial charge in [0.15, 0.2) is 5.78 Å². The van der Waals surface area contributed by atoms with Gasteiger partial charge in [0.1, 0.15) is 5.75 Å². The van der Waals surface area contributed by atoms with Gasteiger partial charge in [-0.15, -0.1) is 0 Å². The van der Waals surface area contributed by atoms with Crippen LogP contribution in [0.5, 0.6) is 5.75 Å². The standard InChI is InChI=1S/C14H20O3/c1-11(2)17-13-7-4-6-12(10-13)14(15)8-5-9-16-3/h4,6-7,10-11H,5,8-9H2,1-3H3. The Bertz CT molecular complexity index is 358. The summed E-state index contributed by atoms with van der Waals surface area (Å²) in [6, 6.07) is 7.34. The van der Waals surface area contributed by atoms with E-state index in [1.807, 2.05) is 32.0 Å². The van der Waals surface area contributed by atoms with Crippen LogP contribution in [0.2, 0.25) is 0 Å². The molecule has 0 aliphatic heterocycles. The molecule has 0 saturated carbocycles. The summed E-state index contributed by atoms with van der Waals surface area (Å²) in [6.45, 7) is 4.55. The highest BCUT2D eigenvalue weighted by molar-refractivity contribution is 5.96. The van der Waals surface area contributed by atoms with Gasteiger partial charge in [-0.1, -0.05) is 12.1 Å². The Kier molecular flexibility index (Phi) is 5.70. The maximum atomic E-state index is 11.8. The first kappa shape index (κ1) is 13.7. The number of ether oxygens (including phenoxy) is 2. The summed E-state index contributed by atoms with van der Waals surface area (Å²) in [5.41, 5.74) is 0.708. The molecule has 0 aromatic heterocycles. The lowest BCUT2D eigenvalue weighted by Crippen LogP contribution is -2.07. The number of methoxy groups -OCH3 is 1. The Morgan fingerprint density at radius 1 is 1.35 bits per heavy atom. The molecule has 0 unspecified atom stereocenters. The number of hydrogen-bond acceptors (Lipinski definition) is 3. The summed E-state index contributed by atoms with van der Waals surface area (Å²) in [4.78, 5) is 11.8. The molecule has 3 heteroatoms. The van der Waals surface area contributed by atoms with Gasteiger partial charge in [-0.05, 0) is 32.4 Å². The van der Waals surface area contributed by atoms with Crippen molar-refractivity contribution in [3.63, 3.8) is 0 Å². The largest absolute Gasteiger partial charge is 0.491 e. The number of Topliss-reactive ketones (excluding diaryl/α,β-unsaturated/α-hetero) is 1. The van der Waals surface area contributed by atoms with Crippen LogP contribution >= 0.6 is 0 Å². The smallest absolute Gasteiger partial charge is 0.163 e. The molecule has 3 nitrogen and oxygen atoms in total. The summed E-state index contributed by atoms with van der Waals surface area (Å²) in [5, 5.41) is 0. The van der Waals surface area contributed by atoms with Crippen LogP contribution in [-0.2, 0) is 4.74 Å². The second-order valence-corrected chi connectivity index (χ2v) is 4.21. The van der Waals surface area contributed by atoms with Crippen LogP contribution in [-0.4, -0.2) is 25.6 Å². The van der Waals surface area contributed by atoms with Crippen molar-refractivity contribution >= 4 is 5.78 Å². The lowest BCUT2D eigenvalue weighted by atomic mass is 10.1. The van der Waals surface area contributed by atoms with E-state index in [1.54, 1.807) is 13.2 Å². The van der Waals surface area contributed by atoms with Gasteiger partial charge < -0.3 is 9.47 Å². The van der Waals surface area contributed by atoms with E-state index in [0.717, 1.165) is 12.2 Å². The zero-order valence-corrected chi connectivity index (χ0v) is 10.7. The van der Waals surface area contributed by atoms with Gasteiger partial charge in [0, 0.05) is 25.7 Å². The summed E-state index contributed by atoms with van der Waals surface area (Å²) < 4.78 is 10.5. The van der Waals surface area contributed by atoms with Crippen LogP contribution in [0.4, 0.5) is 0 Å². The second-order valence-electron chi connectivity index (χ2n) is 4.21. The van der Waals surface area contributed by atoms with Gasteiger partial charge in [-0.2, -0.15) is 0 Å². The molecule has 0 saturated heterocycles. The Morgan fingerprint density at radius 3 is 2.76 bits per heavy atom. The summed E-state index contributed by atoms with van der Waals surface area (Å²) >= 11 is 0. The highest BCUT2D eigenvalue weighted by atomic mass is 16.5. The molecule has 1 rings (SSSR count). The van der Waals surface area contributed by atoms with Crippen LogP contribution < -0.4 is 4.74 Å². The van der Waals surface area contributed by atoms with E-state index in [9.17, 15) is 4.79 Å². The first-order chi connectivity index (χ1) is 8.13. The second kappa shape index (κ2) is 7.07. The molecule has 1 aromatic carbocycles. The van der Waals surface area contributed by atoms with Crippen molar-refractivity contribution in [2.75, 3.05) is 13.7 Å². The Hall–Kier alpha value is -1.35.